The van der Waals surface area contributed by atoms with Gasteiger partial charge in [0.25, 0.3) is 0 Å². The van der Waals surface area contributed by atoms with Crippen LogP contribution >= 0.6 is 11.6 Å². The zero-order chi connectivity index (χ0) is 9.19. The van der Waals surface area contributed by atoms with E-state index < -0.39 is 9.84 Å². The maximum atomic E-state index is 11.1. The molecule has 64 valence electrons. The van der Waals surface area contributed by atoms with E-state index in [1.54, 1.807) is 17.3 Å². The molecular formula is C8H7ClO2S. The number of benzene rings is 1. The summed E-state index contributed by atoms with van der Waals surface area (Å²) in [7, 11) is -3.50. The van der Waals surface area contributed by atoms with Gasteiger partial charge in [0.15, 0.2) is 0 Å². The molecule has 0 heterocycles. The molecular weight excluding hydrogens is 196 g/mol. The fourth-order valence-corrected chi connectivity index (χ4v) is 1.61. The van der Waals surface area contributed by atoms with E-state index in [4.69, 9.17) is 11.6 Å². The molecule has 0 aliphatic rings. The Balaban J connectivity index is 3.14. The summed E-state index contributed by atoms with van der Waals surface area (Å²) in [4.78, 5) is 0.170. The lowest BCUT2D eigenvalue weighted by molar-refractivity contribution is 0.603. The highest BCUT2D eigenvalue weighted by Crippen LogP contribution is 2.15. The fraction of sp³-hybridized carbons (Fsp3) is 0.125. The van der Waals surface area contributed by atoms with Gasteiger partial charge in [-0.25, -0.2) is 8.42 Å². The maximum absolute atomic E-state index is 11.1. The molecule has 0 bridgehead atoms. The molecule has 4 heteroatoms. The highest BCUT2D eigenvalue weighted by molar-refractivity contribution is 7.94. The van der Waals surface area contributed by atoms with Crippen molar-refractivity contribution in [1.82, 2.24) is 0 Å². The minimum absolute atomic E-state index is 0.170. The molecule has 0 saturated carbocycles. The molecule has 0 aromatic heterocycles. The van der Waals surface area contributed by atoms with Gasteiger partial charge >= 0.3 is 0 Å². The minimum Gasteiger partial charge on any atom is -0.222 e. The first-order chi connectivity index (χ1) is 5.56. The van der Waals surface area contributed by atoms with Gasteiger partial charge in [0.1, 0.15) is 0 Å². The third-order valence-corrected chi connectivity index (χ3v) is 3.14. The largest absolute Gasteiger partial charge is 0.222 e. The lowest BCUT2D eigenvalue weighted by Gasteiger charge is -1.98. The number of rotatable bonds is 2. The number of aryl methyl sites for hydroxylation is 1. The molecule has 0 N–H and O–H groups in total. The van der Waals surface area contributed by atoms with Crippen molar-refractivity contribution in [3.63, 3.8) is 0 Å². The van der Waals surface area contributed by atoms with Gasteiger partial charge < -0.3 is 0 Å². The molecule has 1 aromatic carbocycles. The normalized spacial score (nSPS) is 11.5. The van der Waals surface area contributed by atoms with Crippen molar-refractivity contribution in [2.24, 2.45) is 0 Å². The monoisotopic (exact) mass is 202 g/mol. The van der Waals surface area contributed by atoms with Crippen LogP contribution in [0.3, 0.4) is 0 Å². The SMILES string of the molecule is Cc1ccc(S(=O)(=O)[C]Cl)cc1. The lowest BCUT2D eigenvalue weighted by atomic mass is 10.2. The van der Waals surface area contributed by atoms with Crippen molar-refractivity contribution >= 4 is 21.4 Å². The molecule has 0 unspecified atom stereocenters. The molecule has 0 amide bonds. The van der Waals surface area contributed by atoms with Crippen LogP contribution in [0.5, 0.6) is 0 Å². The van der Waals surface area contributed by atoms with Gasteiger partial charge in [-0.3, -0.25) is 0 Å². The van der Waals surface area contributed by atoms with Crippen LogP contribution in [0.15, 0.2) is 29.2 Å². The van der Waals surface area contributed by atoms with Crippen molar-refractivity contribution in [3.05, 3.63) is 35.0 Å². The van der Waals surface area contributed by atoms with Crippen LogP contribution in [0.4, 0.5) is 0 Å². The first kappa shape index (κ1) is 9.55. The summed E-state index contributed by atoms with van der Waals surface area (Å²) in [5.74, 6) is 0. The molecule has 1 aromatic rings. The molecule has 0 atom stereocenters. The van der Waals surface area contributed by atoms with Crippen molar-refractivity contribution in [1.29, 1.82) is 0 Å². The number of halogens is 1. The van der Waals surface area contributed by atoms with Crippen LogP contribution in [0.1, 0.15) is 5.56 Å². The van der Waals surface area contributed by atoms with Crippen LogP contribution in [0.2, 0.25) is 0 Å². The summed E-state index contributed by atoms with van der Waals surface area (Å²) in [5.41, 5.74) is 1.00. The van der Waals surface area contributed by atoms with E-state index in [0.29, 0.717) is 0 Å². The average molecular weight is 203 g/mol. The second-order valence-electron chi connectivity index (χ2n) is 2.39. The first-order valence-corrected chi connectivity index (χ1v) is 5.11. The Morgan fingerprint density at radius 1 is 1.25 bits per heavy atom. The molecule has 1 rings (SSSR count). The van der Waals surface area contributed by atoms with Gasteiger partial charge in [-0.1, -0.05) is 29.3 Å². The Morgan fingerprint density at radius 2 is 1.75 bits per heavy atom. The van der Waals surface area contributed by atoms with Gasteiger partial charge in [0.2, 0.25) is 15.0 Å². The second-order valence-corrected chi connectivity index (χ2v) is 4.49. The molecule has 2 nitrogen and oxygen atoms in total. The summed E-state index contributed by atoms with van der Waals surface area (Å²) in [6, 6.07) is 6.42. The van der Waals surface area contributed by atoms with Gasteiger partial charge in [-0.05, 0) is 19.1 Å². The van der Waals surface area contributed by atoms with E-state index in [2.05, 4.69) is 0 Å². The highest BCUT2D eigenvalue weighted by atomic mass is 35.5. The van der Waals surface area contributed by atoms with Crippen LogP contribution in [0.25, 0.3) is 0 Å². The lowest BCUT2D eigenvalue weighted by Crippen LogP contribution is -1.96. The topological polar surface area (TPSA) is 34.1 Å². The minimum atomic E-state index is -3.50. The van der Waals surface area contributed by atoms with Crippen molar-refractivity contribution < 1.29 is 8.42 Å². The van der Waals surface area contributed by atoms with Crippen molar-refractivity contribution in [2.45, 2.75) is 11.8 Å². The molecule has 0 saturated heterocycles. The zero-order valence-corrected chi connectivity index (χ0v) is 7.98. The quantitative estimate of drug-likeness (QED) is 0.735. The highest BCUT2D eigenvalue weighted by Gasteiger charge is 2.12. The number of sulfone groups is 1. The third kappa shape index (κ3) is 1.99. The van der Waals surface area contributed by atoms with E-state index in [1.807, 2.05) is 6.92 Å². The number of hydrogen-bond acceptors (Lipinski definition) is 2. The molecule has 2 radical (unpaired) electrons. The number of hydrogen-bond donors (Lipinski definition) is 0. The second kappa shape index (κ2) is 3.46. The fourth-order valence-electron chi connectivity index (χ4n) is 0.762. The van der Waals surface area contributed by atoms with E-state index in [0.717, 1.165) is 5.56 Å². The van der Waals surface area contributed by atoms with E-state index >= 15 is 0 Å². The Morgan fingerprint density at radius 3 is 2.17 bits per heavy atom. The summed E-state index contributed by atoms with van der Waals surface area (Å²) >= 11 is 5.03. The van der Waals surface area contributed by atoms with Gasteiger partial charge in [0.05, 0.1) is 4.90 Å². The van der Waals surface area contributed by atoms with Crippen LogP contribution in [-0.2, 0) is 9.84 Å². The Hall–Kier alpha value is -0.540. The predicted octanol–water partition coefficient (Wildman–Crippen LogP) is 2.00. The average Bonchev–Trinajstić information content (AvgIpc) is 2.05. The summed E-state index contributed by atoms with van der Waals surface area (Å²) in [6.07, 6.45) is 0. The summed E-state index contributed by atoms with van der Waals surface area (Å²) in [6.45, 7) is 1.88. The Kier molecular flexibility index (Phi) is 2.75. The third-order valence-electron chi connectivity index (χ3n) is 1.43. The Bertz CT molecular complexity index is 353. The molecule has 0 aliphatic carbocycles. The molecule has 12 heavy (non-hydrogen) atoms. The van der Waals surface area contributed by atoms with E-state index in [9.17, 15) is 8.42 Å². The van der Waals surface area contributed by atoms with E-state index in [1.165, 1.54) is 12.1 Å². The molecule has 0 fully saturated rings. The van der Waals surface area contributed by atoms with Crippen molar-refractivity contribution in [3.8, 4) is 0 Å². The zero-order valence-electron chi connectivity index (χ0n) is 6.41. The van der Waals surface area contributed by atoms with Crippen LogP contribution in [-0.4, -0.2) is 8.42 Å². The van der Waals surface area contributed by atoms with Crippen molar-refractivity contribution in [2.75, 3.05) is 0 Å². The summed E-state index contributed by atoms with van der Waals surface area (Å²) in [5, 5.41) is 1.72. The van der Waals surface area contributed by atoms with Gasteiger partial charge in [-0.15, -0.1) is 0 Å². The summed E-state index contributed by atoms with van der Waals surface area (Å²) < 4.78 is 22.1. The molecule has 0 aliphatic heterocycles. The smallest absolute Gasteiger partial charge is 0.222 e. The van der Waals surface area contributed by atoms with Gasteiger partial charge in [0, 0.05) is 0 Å². The standard InChI is InChI=1S/C8H7ClO2S/c1-7-2-4-8(5-3-7)12(10,11)6-9/h2-5H,1H3. The van der Waals surface area contributed by atoms with Gasteiger partial charge in [-0.2, -0.15) is 0 Å². The van der Waals surface area contributed by atoms with Crippen LogP contribution < -0.4 is 0 Å². The van der Waals surface area contributed by atoms with E-state index in [-0.39, 0.29) is 4.90 Å². The maximum Gasteiger partial charge on any atom is 0.222 e. The Labute approximate surface area is 77.1 Å². The first-order valence-electron chi connectivity index (χ1n) is 3.25. The molecule has 0 spiro atoms. The predicted molar refractivity (Wildman–Crippen MR) is 47.5 cm³/mol. The van der Waals surface area contributed by atoms with Crippen LogP contribution in [0, 0.1) is 12.1 Å².